The van der Waals surface area contributed by atoms with Crippen molar-refractivity contribution in [2.24, 2.45) is 0 Å². The average Bonchev–Trinajstić information content (AvgIpc) is 3.04. The number of benzene rings is 1. The van der Waals surface area contributed by atoms with E-state index in [-0.39, 0.29) is 6.03 Å². The third-order valence-corrected chi connectivity index (χ3v) is 4.19. The van der Waals surface area contributed by atoms with Gasteiger partial charge in [-0.05, 0) is 31.0 Å². The number of nitrogens with zero attached hydrogens (tertiary/aromatic N) is 4. The maximum atomic E-state index is 12.3. The minimum absolute atomic E-state index is 0.00751. The van der Waals surface area contributed by atoms with Crippen molar-refractivity contribution in [3.8, 4) is 0 Å². The third-order valence-electron chi connectivity index (χ3n) is 4.19. The number of carbonyl (C=O) groups excluding carboxylic acids is 1. The summed E-state index contributed by atoms with van der Waals surface area (Å²) in [5.41, 5.74) is 3.92. The van der Waals surface area contributed by atoms with Gasteiger partial charge in [0.25, 0.3) is 0 Å². The van der Waals surface area contributed by atoms with Crippen LogP contribution in [0, 0.1) is 13.8 Å². The summed E-state index contributed by atoms with van der Waals surface area (Å²) < 4.78 is 1.54. The van der Waals surface area contributed by atoms with Gasteiger partial charge in [0.05, 0.1) is 0 Å². The Hall–Kier alpha value is -2.30. The second-order valence-electron chi connectivity index (χ2n) is 5.45. The van der Waals surface area contributed by atoms with E-state index in [1.54, 1.807) is 18.7 Å². The van der Waals surface area contributed by atoms with E-state index in [0.29, 0.717) is 0 Å². The van der Waals surface area contributed by atoms with Gasteiger partial charge in [0.15, 0.2) is 0 Å². The molecule has 0 unspecified atom stereocenters. The molecule has 0 spiro atoms. The van der Waals surface area contributed by atoms with Crippen LogP contribution >= 0.6 is 0 Å². The summed E-state index contributed by atoms with van der Waals surface area (Å²) in [5, 5.41) is 0. The zero-order valence-corrected chi connectivity index (χ0v) is 12.5. The molecule has 3 rings (SSSR count). The molecule has 1 fully saturated rings. The fourth-order valence-electron chi connectivity index (χ4n) is 2.75. The first kappa shape index (κ1) is 13.7. The highest BCUT2D eigenvalue weighted by Crippen LogP contribution is 2.23. The van der Waals surface area contributed by atoms with Gasteiger partial charge in [0.2, 0.25) is 0 Å². The standard InChI is InChI=1S/C16H20N4O/c1-13-4-3-5-15(14(13)2)18-8-10-19(11-9-18)16(21)20-7-6-17-12-20/h3-7,12H,8-11H2,1-2H3. The molecule has 0 atom stereocenters. The first-order valence-electron chi connectivity index (χ1n) is 7.25. The second-order valence-corrected chi connectivity index (χ2v) is 5.45. The molecule has 1 aromatic heterocycles. The summed E-state index contributed by atoms with van der Waals surface area (Å²) in [6, 6.07) is 6.40. The minimum atomic E-state index is 0.00751. The summed E-state index contributed by atoms with van der Waals surface area (Å²) in [4.78, 5) is 20.4. The molecule has 0 bridgehead atoms. The highest BCUT2D eigenvalue weighted by molar-refractivity contribution is 5.77. The third kappa shape index (κ3) is 2.63. The molecule has 0 aliphatic carbocycles. The molecular formula is C16H20N4O. The van der Waals surface area contributed by atoms with Crippen LogP contribution in [0.25, 0.3) is 0 Å². The molecule has 5 nitrogen and oxygen atoms in total. The summed E-state index contributed by atoms with van der Waals surface area (Å²) in [6.07, 6.45) is 4.88. The molecule has 5 heteroatoms. The Kier molecular flexibility index (Phi) is 3.64. The molecule has 0 radical (unpaired) electrons. The predicted molar refractivity (Wildman–Crippen MR) is 82.7 cm³/mol. The molecule has 2 heterocycles. The smallest absolute Gasteiger partial charge is 0.329 e. The van der Waals surface area contributed by atoms with E-state index < -0.39 is 0 Å². The molecule has 1 amide bonds. The summed E-state index contributed by atoms with van der Waals surface area (Å²) >= 11 is 0. The lowest BCUT2D eigenvalue weighted by molar-refractivity contribution is 0.196. The van der Waals surface area contributed by atoms with Gasteiger partial charge in [0, 0.05) is 44.3 Å². The Bertz CT molecular complexity index is 628. The van der Waals surface area contributed by atoms with Gasteiger partial charge in [-0.2, -0.15) is 0 Å². The Labute approximate surface area is 124 Å². The first-order chi connectivity index (χ1) is 10.2. The molecule has 110 valence electrons. The van der Waals surface area contributed by atoms with Gasteiger partial charge in [-0.15, -0.1) is 0 Å². The fourth-order valence-corrected chi connectivity index (χ4v) is 2.75. The number of hydrogen-bond acceptors (Lipinski definition) is 3. The zero-order valence-electron chi connectivity index (χ0n) is 12.5. The Morgan fingerprint density at radius 1 is 1.14 bits per heavy atom. The number of rotatable bonds is 1. The van der Waals surface area contributed by atoms with Crippen LogP contribution < -0.4 is 4.90 Å². The van der Waals surface area contributed by atoms with E-state index in [1.165, 1.54) is 21.4 Å². The van der Waals surface area contributed by atoms with Crippen LogP contribution in [0.5, 0.6) is 0 Å². The van der Waals surface area contributed by atoms with E-state index in [2.05, 4.69) is 41.9 Å². The van der Waals surface area contributed by atoms with E-state index in [0.717, 1.165) is 26.2 Å². The number of aromatic nitrogens is 2. The molecule has 0 saturated carbocycles. The summed E-state index contributed by atoms with van der Waals surface area (Å²) in [6.45, 7) is 7.51. The molecule has 1 saturated heterocycles. The predicted octanol–water partition coefficient (Wildman–Crippen LogP) is 2.29. The van der Waals surface area contributed by atoms with Crippen molar-refractivity contribution in [3.63, 3.8) is 0 Å². The molecule has 1 aromatic carbocycles. The van der Waals surface area contributed by atoms with Gasteiger partial charge >= 0.3 is 6.03 Å². The average molecular weight is 284 g/mol. The monoisotopic (exact) mass is 284 g/mol. The summed E-state index contributed by atoms with van der Waals surface area (Å²) in [5.74, 6) is 0. The zero-order chi connectivity index (χ0) is 14.8. The van der Waals surface area contributed by atoms with Gasteiger partial charge in [0.1, 0.15) is 6.33 Å². The Morgan fingerprint density at radius 2 is 1.90 bits per heavy atom. The number of amides is 1. The van der Waals surface area contributed by atoms with Crippen LogP contribution in [0.2, 0.25) is 0 Å². The van der Waals surface area contributed by atoms with E-state index in [9.17, 15) is 4.79 Å². The van der Waals surface area contributed by atoms with E-state index in [1.807, 2.05) is 4.90 Å². The number of carbonyl (C=O) groups is 1. The topological polar surface area (TPSA) is 41.4 Å². The minimum Gasteiger partial charge on any atom is -0.368 e. The molecule has 0 N–H and O–H groups in total. The van der Waals surface area contributed by atoms with Gasteiger partial charge < -0.3 is 9.80 Å². The van der Waals surface area contributed by atoms with Crippen LogP contribution in [0.1, 0.15) is 11.1 Å². The van der Waals surface area contributed by atoms with Crippen molar-refractivity contribution >= 4 is 11.7 Å². The SMILES string of the molecule is Cc1cccc(N2CCN(C(=O)n3ccnc3)CC2)c1C. The van der Waals surface area contributed by atoms with Crippen LogP contribution in [-0.2, 0) is 0 Å². The number of piperazine rings is 1. The first-order valence-corrected chi connectivity index (χ1v) is 7.25. The lowest BCUT2D eigenvalue weighted by Gasteiger charge is -2.36. The van der Waals surface area contributed by atoms with Crippen molar-refractivity contribution in [3.05, 3.63) is 48.0 Å². The highest BCUT2D eigenvalue weighted by Gasteiger charge is 2.22. The van der Waals surface area contributed by atoms with Crippen molar-refractivity contribution in [2.75, 3.05) is 31.1 Å². The molecule has 2 aromatic rings. The van der Waals surface area contributed by atoms with Crippen molar-refractivity contribution in [2.45, 2.75) is 13.8 Å². The number of hydrogen-bond donors (Lipinski definition) is 0. The lowest BCUT2D eigenvalue weighted by Crippen LogP contribution is -2.50. The van der Waals surface area contributed by atoms with Gasteiger partial charge in [-0.25, -0.2) is 9.78 Å². The molecule has 1 aliphatic rings. The maximum absolute atomic E-state index is 12.3. The molecule has 1 aliphatic heterocycles. The van der Waals surface area contributed by atoms with Crippen molar-refractivity contribution < 1.29 is 4.79 Å². The van der Waals surface area contributed by atoms with Crippen LogP contribution in [-0.4, -0.2) is 46.7 Å². The van der Waals surface area contributed by atoms with Crippen LogP contribution in [0.4, 0.5) is 10.5 Å². The Balaban J connectivity index is 1.68. The molecular weight excluding hydrogens is 264 g/mol. The Morgan fingerprint density at radius 3 is 2.57 bits per heavy atom. The largest absolute Gasteiger partial charge is 0.368 e. The summed E-state index contributed by atoms with van der Waals surface area (Å²) in [7, 11) is 0. The van der Waals surface area contributed by atoms with Crippen LogP contribution in [0.15, 0.2) is 36.9 Å². The van der Waals surface area contributed by atoms with Crippen molar-refractivity contribution in [1.82, 2.24) is 14.5 Å². The number of anilines is 1. The maximum Gasteiger partial charge on any atom is 0.329 e. The van der Waals surface area contributed by atoms with Crippen molar-refractivity contribution in [1.29, 1.82) is 0 Å². The van der Waals surface area contributed by atoms with Crippen LogP contribution in [0.3, 0.4) is 0 Å². The lowest BCUT2D eigenvalue weighted by atomic mass is 10.1. The quantitative estimate of drug-likeness (QED) is 0.807. The number of aryl methyl sites for hydroxylation is 1. The van der Waals surface area contributed by atoms with E-state index in [4.69, 9.17) is 0 Å². The fraction of sp³-hybridized carbons (Fsp3) is 0.375. The van der Waals surface area contributed by atoms with E-state index >= 15 is 0 Å². The normalized spacial score (nSPS) is 15.3. The van der Waals surface area contributed by atoms with Gasteiger partial charge in [-0.1, -0.05) is 12.1 Å². The van der Waals surface area contributed by atoms with Gasteiger partial charge in [-0.3, -0.25) is 4.57 Å². The highest BCUT2D eigenvalue weighted by atomic mass is 16.2. The second kappa shape index (κ2) is 5.60. The molecule has 21 heavy (non-hydrogen) atoms. The number of imidazole rings is 1.